The fraction of sp³-hybridized carbons (Fsp3) is 0.133. The Hall–Kier alpha value is -3.29. The summed E-state index contributed by atoms with van der Waals surface area (Å²) in [5.74, 6) is 0.627. The number of hydrogen-bond acceptors (Lipinski definition) is 6. The first kappa shape index (κ1) is 14.6. The quantitative estimate of drug-likeness (QED) is 0.638. The van der Waals surface area contributed by atoms with Crippen LogP contribution in [0.4, 0.5) is 17.1 Å². The Morgan fingerprint density at radius 1 is 1.00 bits per heavy atom. The minimum atomic E-state index is -0.646. The first-order chi connectivity index (χ1) is 11.1. The molecule has 23 heavy (non-hydrogen) atoms. The summed E-state index contributed by atoms with van der Waals surface area (Å²) in [4.78, 5) is 27.0. The molecule has 8 nitrogen and oxygen atoms in total. The summed E-state index contributed by atoms with van der Waals surface area (Å²) in [5, 5.41) is 22.2. The molecule has 1 aliphatic heterocycles. The Morgan fingerprint density at radius 2 is 1.74 bits per heavy atom. The van der Waals surface area contributed by atoms with E-state index >= 15 is 0 Å². The lowest BCUT2D eigenvalue weighted by atomic mass is 10.1. The van der Waals surface area contributed by atoms with Crippen LogP contribution in [0.1, 0.15) is 5.56 Å². The molecule has 1 aliphatic rings. The molecule has 0 radical (unpaired) electrons. The SMILES string of the molecule is O=[N+]([O-])c1ccc(N2CCN=C2c2ccccc2)c([N+](=O)[O-])c1. The van der Waals surface area contributed by atoms with Crippen molar-refractivity contribution >= 4 is 22.9 Å². The van der Waals surface area contributed by atoms with Crippen LogP contribution in [0.3, 0.4) is 0 Å². The molecule has 0 N–H and O–H groups in total. The van der Waals surface area contributed by atoms with E-state index in [2.05, 4.69) is 4.99 Å². The molecule has 0 spiro atoms. The van der Waals surface area contributed by atoms with Crippen molar-refractivity contribution in [1.29, 1.82) is 0 Å². The highest BCUT2D eigenvalue weighted by Crippen LogP contribution is 2.34. The zero-order chi connectivity index (χ0) is 16.4. The molecule has 3 rings (SSSR count). The van der Waals surface area contributed by atoms with Crippen LogP contribution in [-0.4, -0.2) is 28.8 Å². The van der Waals surface area contributed by atoms with E-state index in [0.29, 0.717) is 24.6 Å². The normalized spacial score (nSPS) is 13.7. The Morgan fingerprint density at radius 3 is 2.39 bits per heavy atom. The summed E-state index contributed by atoms with van der Waals surface area (Å²) in [6, 6.07) is 13.0. The highest BCUT2D eigenvalue weighted by Gasteiger charge is 2.28. The lowest BCUT2D eigenvalue weighted by Gasteiger charge is -2.20. The molecule has 0 unspecified atom stereocenters. The van der Waals surface area contributed by atoms with Crippen LogP contribution in [0.25, 0.3) is 0 Å². The van der Waals surface area contributed by atoms with Gasteiger partial charge in [-0.3, -0.25) is 25.2 Å². The van der Waals surface area contributed by atoms with Crippen molar-refractivity contribution in [3.8, 4) is 0 Å². The summed E-state index contributed by atoms with van der Waals surface area (Å²) in [6.45, 7) is 1.00. The maximum absolute atomic E-state index is 11.3. The third kappa shape index (κ3) is 2.73. The molecule has 0 fully saturated rings. The van der Waals surface area contributed by atoms with Crippen LogP contribution < -0.4 is 4.90 Å². The molecule has 2 aromatic rings. The van der Waals surface area contributed by atoms with E-state index in [1.165, 1.54) is 12.1 Å². The third-order valence-electron chi connectivity index (χ3n) is 3.53. The molecular weight excluding hydrogens is 300 g/mol. The first-order valence-corrected chi connectivity index (χ1v) is 6.88. The molecule has 0 saturated heterocycles. The van der Waals surface area contributed by atoms with Gasteiger partial charge in [-0.15, -0.1) is 0 Å². The average Bonchev–Trinajstić information content (AvgIpc) is 3.04. The summed E-state index contributed by atoms with van der Waals surface area (Å²) in [7, 11) is 0. The number of rotatable bonds is 4. The summed E-state index contributed by atoms with van der Waals surface area (Å²) in [6.07, 6.45) is 0. The van der Waals surface area contributed by atoms with Gasteiger partial charge in [0, 0.05) is 18.2 Å². The average molecular weight is 312 g/mol. The molecule has 2 aromatic carbocycles. The molecule has 8 heteroatoms. The van der Waals surface area contributed by atoms with Crippen molar-refractivity contribution in [3.63, 3.8) is 0 Å². The Labute approximate surface area is 131 Å². The second-order valence-electron chi connectivity index (χ2n) is 4.91. The Bertz CT molecular complexity index is 804. The van der Waals surface area contributed by atoms with Crippen LogP contribution >= 0.6 is 0 Å². The smallest absolute Gasteiger partial charge is 0.299 e. The predicted molar refractivity (Wildman–Crippen MR) is 84.9 cm³/mol. The maximum atomic E-state index is 11.3. The number of non-ortho nitro benzene ring substituents is 1. The molecule has 0 aromatic heterocycles. The van der Waals surface area contributed by atoms with Crippen molar-refractivity contribution in [1.82, 2.24) is 0 Å². The van der Waals surface area contributed by atoms with E-state index in [-0.39, 0.29) is 11.4 Å². The number of amidine groups is 1. The molecule has 1 heterocycles. The summed E-state index contributed by atoms with van der Waals surface area (Å²) < 4.78 is 0. The van der Waals surface area contributed by atoms with Gasteiger partial charge in [-0.25, -0.2) is 0 Å². The van der Waals surface area contributed by atoms with Crippen molar-refractivity contribution in [3.05, 3.63) is 74.3 Å². The number of benzene rings is 2. The van der Waals surface area contributed by atoms with Crippen LogP contribution in [0.5, 0.6) is 0 Å². The van der Waals surface area contributed by atoms with Gasteiger partial charge in [-0.05, 0) is 6.07 Å². The number of aliphatic imine (C=N–C) groups is 1. The maximum Gasteiger partial charge on any atom is 0.299 e. The predicted octanol–water partition coefficient (Wildman–Crippen LogP) is 2.77. The van der Waals surface area contributed by atoms with Gasteiger partial charge in [0.1, 0.15) is 11.5 Å². The van der Waals surface area contributed by atoms with Crippen molar-refractivity contribution in [2.45, 2.75) is 0 Å². The van der Waals surface area contributed by atoms with Crippen LogP contribution in [0.15, 0.2) is 53.5 Å². The van der Waals surface area contributed by atoms with E-state index in [0.717, 1.165) is 11.6 Å². The van der Waals surface area contributed by atoms with Crippen LogP contribution in [-0.2, 0) is 0 Å². The third-order valence-corrected chi connectivity index (χ3v) is 3.53. The Balaban J connectivity index is 2.06. The van der Waals surface area contributed by atoms with Gasteiger partial charge in [0.2, 0.25) is 0 Å². The molecule has 0 bridgehead atoms. The number of anilines is 1. The molecular formula is C15H12N4O4. The van der Waals surface area contributed by atoms with Crippen molar-refractivity contribution < 1.29 is 9.85 Å². The number of nitrogens with zero attached hydrogens (tertiary/aromatic N) is 4. The molecule has 0 saturated carbocycles. The van der Waals surface area contributed by atoms with Crippen LogP contribution in [0, 0.1) is 20.2 Å². The van der Waals surface area contributed by atoms with Gasteiger partial charge in [0.15, 0.2) is 0 Å². The van der Waals surface area contributed by atoms with E-state index in [4.69, 9.17) is 0 Å². The zero-order valence-corrected chi connectivity index (χ0v) is 12.0. The van der Waals surface area contributed by atoms with Crippen molar-refractivity contribution in [2.75, 3.05) is 18.0 Å². The first-order valence-electron chi connectivity index (χ1n) is 6.88. The minimum Gasteiger partial charge on any atom is -0.319 e. The van der Waals surface area contributed by atoms with Gasteiger partial charge >= 0.3 is 0 Å². The van der Waals surface area contributed by atoms with Crippen molar-refractivity contribution in [2.24, 2.45) is 4.99 Å². The van der Waals surface area contributed by atoms with Crippen LogP contribution in [0.2, 0.25) is 0 Å². The topological polar surface area (TPSA) is 102 Å². The molecule has 0 amide bonds. The summed E-state index contributed by atoms with van der Waals surface area (Å²) in [5.41, 5.74) is 0.543. The second-order valence-corrected chi connectivity index (χ2v) is 4.91. The highest BCUT2D eigenvalue weighted by molar-refractivity contribution is 6.12. The molecule has 0 atom stereocenters. The number of nitro benzene ring substituents is 2. The fourth-order valence-corrected chi connectivity index (χ4v) is 2.52. The van der Waals surface area contributed by atoms with E-state index in [1.807, 2.05) is 30.3 Å². The fourth-order valence-electron chi connectivity index (χ4n) is 2.52. The van der Waals surface area contributed by atoms with E-state index in [1.54, 1.807) is 4.90 Å². The van der Waals surface area contributed by atoms with Gasteiger partial charge in [0.25, 0.3) is 11.4 Å². The highest BCUT2D eigenvalue weighted by atomic mass is 16.6. The lowest BCUT2D eigenvalue weighted by Crippen LogP contribution is -2.28. The number of nitro groups is 2. The number of hydrogen-bond donors (Lipinski definition) is 0. The van der Waals surface area contributed by atoms with Gasteiger partial charge in [-0.1, -0.05) is 30.3 Å². The molecule has 116 valence electrons. The van der Waals surface area contributed by atoms with Gasteiger partial charge in [-0.2, -0.15) is 0 Å². The Kier molecular flexibility index (Phi) is 3.71. The summed E-state index contributed by atoms with van der Waals surface area (Å²) >= 11 is 0. The monoisotopic (exact) mass is 312 g/mol. The van der Waals surface area contributed by atoms with E-state index in [9.17, 15) is 20.2 Å². The minimum absolute atomic E-state index is 0.301. The lowest BCUT2D eigenvalue weighted by molar-refractivity contribution is -0.393. The molecule has 0 aliphatic carbocycles. The van der Waals surface area contributed by atoms with E-state index < -0.39 is 9.85 Å². The zero-order valence-electron chi connectivity index (χ0n) is 12.0. The van der Waals surface area contributed by atoms with Gasteiger partial charge in [0.05, 0.1) is 22.5 Å². The largest absolute Gasteiger partial charge is 0.319 e. The standard InChI is InChI=1S/C15H12N4O4/c20-18(21)12-6-7-13(14(10-12)19(22)23)17-9-8-16-15(17)11-4-2-1-3-5-11/h1-7,10H,8-9H2. The van der Waals surface area contributed by atoms with Gasteiger partial charge < -0.3 is 4.90 Å². The second kappa shape index (κ2) is 5.84.